The minimum absolute atomic E-state index is 0.175. The average molecular weight is 327 g/mol. The van der Waals surface area contributed by atoms with Crippen molar-refractivity contribution in [2.75, 3.05) is 13.6 Å². The van der Waals surface area contributed by atoms with Gasteiger partial charge in [-0.1, -0.05) is 47.5 Å². The van der Waals surface area contributed by atoms with Crippen LogP contribution in [0.4, 0.5) is 4.39 Å². The number of hydrogen-bond acceptors (Lipinski definition) is 2. The Bertz CT molecular complexity index is 599. The molecule has 0 aliphatic heterocycles. The molecule has 0 bridgehead atoms. The molecule has 1 atom stereocenters. The summed E-state index contributed by atoms with van der Waals surface area (Å²) in [7, 11) is 1.88. The number of hydrogen-bond donors (Lipinski definition) is 1. The zero-order valence-electron chi connectivity index (χ0n) is 11.7. The van der Waals surface area contributed by atoms with E-state index in [1.165, 1.54) is 6.07 Å². The van der Waals surface area contributed by atoms with Gasteiger partial charge in [-0.2, -0.15) is 0 Å². The molecule has 0 spiro atoms. The molecule has 5 heteroatoms. The predicted molar refractivity (Wildman–Crippen MR) is 86.1 cm³/mol. The third kappa shape index (κ3) is 3.74. The van der Waals surface area contributed by atoms with Gasteiger partial charge in [-0.25, -0.2) is 4.39 Å². The van der Waals surface area contributed by atoms with Crippen LogP contribution in [0.25, 0.3) is 0 Å². The van der Waals surface area contributed by atoms with Crippen LogP contribution in [0.5, 0.6) is 0 Å². The number of nitrogens with two attached hydrogens (primary N) is 1. The number of rotatable bonds is 5. The molecule has 112 valence electrons. The molecule has 0 aromatic heterocycles. The fourth-order valence-corrected chi connectivity index (χ4v) is 3.00. The Morgan fingerprint density at radius 1 is 1.10 bits per heavy atom. The lowest BCUT2D eigenvalue weighted by Crippen LogP contribution is -2.31. The van der Waals surface area contributed by atoms with Crippen molar-refractivity contribution in [2.24, 2.45) is 5.73 Å². The van der Waals surface area contributed by atoms with Crippen LogP contribution in [-0.2, 0) is 6.54 Å². The van der Waals surface area contributed by atoms with Gasteiger partial charge in [-0.15, -0.1) is 0 Å². The second kappa shape index (κ2) is 7.23. The Hall–Kier alpha value is -1.13. The van der Waals surface area contributed by atoms with Crippen molar-refractivity contribution in [3.05, 3.63) is 69.5 Å². The summed E-state index contributed by atoms with van der Waals surface area (Å²) >= 11 is 12.5. The van der Waals surface area contributed by atoms with Crippen LogP contribution in [0.15, 0.2) is 42.5 Å². The Morgan fingerprint density at radius 2 is 1.71 bits per heavy atom. The van der Waals surface area contributed by atoms with E-state index in [9.17, 15) is 4.39 Å². The molecular weight excluding hydrogens is 310 g/mol. The van der Waals surface area contributed by atoms with E-state index in [-0.39, 0.29) is 11.9 Å². The van der Waals surface area contributed by atoms with Crippen LogP contribution in [0.3, 0.4) is 0 Å². The van der Waals surface area contributed by atoms with Gasteiger partial charge in [0.25, 0.3) is 0 Å². The van der Waals surface area contributed by atoms with E-state index in [0.29, 0.717) is 28.7 Å². The van der Waals surface area contributed by atoms with Gasteiger partial charge in [0, 0.05) is 34.3 Å². The van der Waals surface area contributed by atoms with Crippen molar-refractivity contribution in [1.82, 2.24) is 4.90 Å². The second-order valence-electron chi connectivity index (χ2n) is 4.89. The van der Waals surface area contributed by atoms with Crippen LogP contribution in [0.1, 0.15) is 17.2 Å². The molecule has 0 fully saturated rings. The van der Waals surface area contributed by atoms with Gasteiger partial charge in [-0.3, -0.25) is 4.90 Å². The summed E-state index contributed by atoms with van der Waals surface area (Å²) in [6.45, 7) is 0.768. The van der Waals surface area contributed by atoms with E-state index in [1.54, 1.807) is 30.3 Å². The molecule has 0 heterocycles. The summed E-state index contributed by atoms with van der Waals surface area (Å²) in [5, 5.41) is 1.14. The van der Waals surface area contributed by atoms with E-state index in [0.717, 1.165) is 5.56 Å². The summed E-state index contributed by atoms with van der Waals surface area (Å²) in [6.07, 6.45) is 0. The Balaban J connectivity index is 2.27. The number of benzene rings is 2. The molecule has 2 rings (SSSR count). The highest BCUT2D eigenvalue weighted by Crippen LogP contribution is 2.33. The predicted octanol–water partition coefficient (Wildman–Crippen LogP) is 4.26. The first-order valence-corrected chi connectivity index (χ1v) is 7.37. The molecule has 21 heavy (non-hydrogen) atoms. The van der Waals surface area contributed by atoms with Crippen LogP contribution in [-0.4, -0.2) is 18.5 Å². The second-order valence-corrected chi connectivity index (χ2v) is 5.71. The van der Waals surface area contributed by atoms with E-state index in [1.807, 2.05) is 18.0 Å². The molecular formula is C16H17Cl2FN2. The number of halogens is 3. The summed E-state index contributed by atoms with van der Waals surface area (Å²) in [5.41, 5.74) is 7.27. The van der Waals surface area contributed by atoms with Crippen LogP contribution >= 0.6 is 23.2 Å². The van der Waals surface area contributed by atoms with Gasteiger partial charge in [0.05, 0.1) is 6.04 Å². The maximum absolute atomic E-state index is 13.8. The van der Waals surface area contributed by atoms with Gasteiger partial charge in [0.15, 0.2) is 0 Å². The van der Waals surface area contributed by atoms with Gasteiger partial charge in [0.1, 0.15) is 5.82 Å². The van der Waals surface area contributed by atoms with E-state index >= 15 is 0 Å². The zero-order valence-corrected chi connectivity index (χ0v) is 13.2. The quantitative estimate of drug-likeness (QED) is 0.889. The van der Waals surface area contributed by atoms with E-state index in [2.05, 4.69) is 0 Å². The van der Waals surface area contributed by atoms with E-state index in [4.69, 9.17) is 28.9 Å². The van der Waals surface area contributed by atoms with Gasteiger partial charge in [0.2, 0.25) is 0 Å². The average Bonchev–Trinajstić information content (AvgIpc) is 2.45. The third-order valence-corrected chi connectivity index (χ3v) is 4.13. The van der Waals surface area contributed by atoms with Crippen molar-refractivity contribution >= 4 is 23.2 Å². The summed E-state index contributed by atoms with van der Waals surface area (Å²) in [4.78, 5) is 1.95. The lowest BCUT2D eigenvalue weighted by atomic mass is 10.0. The highest BCUT2D eigenvalue weighted by molar-refractivity contribution is 6.36. The van der Waals surface area contributed by atoms with E-state index < -0.39 is 0 Å². The van der Waals surface area contributed by atoms with Crippen molar-refractivity contribution < 1.29 is 4.39 Å². The number of likely N-dealkylation sites (N-methyl/N-ethyl adjacent to an activating group) is 1. The minimum atomic E-state index is -0.231. The first kappa shape index (κ1) is 16.2. The van der Waals surface area contributed by atoms with Crippen molar-refractivity contribution in [1.29, 1.82) is 0 Å². The molecule has 0 amide bonds. The summed E-state index contributed by atoms with van der Waals surface area (Å²) in [6, 6.07) is 11.9. The molecule has 2 aromatic carbocycles. The largest absolute Gasteiger partial charge is 0.329 e. The molecule has 2 nitrogen and oxygen atoms in total. The fraction of sp³-hybridized carbons (Fsp3) is 0.250. The van der Waals surface area contributed by atoms with Crippen LogP contribution < -0.4 is 5.73 Å². The first-order chi connectivity index (χ1) is 10.0. The third-order valence-electron chi connectivity index (χ3n) is 3.47. The molecule has 2 aromatic rings. The van der Waals surface area contributed by atoms with Crippen molar-refractivity contribution in [2.45, 2.75) is 12.6 Å². The fourth-order valence-electron chi connectivity index (χ4n) is 2.35. The van der Waals surface area contributed by atoms with Crippen LogP contribution in [0.2, 0.25) is 10.0 Å². The van der Waals surface area contributed by atoms with Crippen molar-refractivity contribution in [3.63, 3.8) is 0 Å². The van der Waals surface area contributed by atoms with Crippen LogP contribution in [0, 0.1) is 5.82 Å². The molecule has 0 radical (unpaired) electrons. The summed E-state index contributed by atoms with van der Waals surface area (Å²) in [5.74, 6) is -0.231. The summed E-state index contributed by atoms with van der Waals surface area (Å²) < 4.78 is 13.8. The normalized spacial score (nSPS) is 12.7. The van der Waals surface area contributed by atoms with Gasteiger partial charge in [-0.05, 0) is 25.2 Å². The molecule has 1 unspecified atom stereocenters. The maximum Gasteiger partial charge on any atom is 0.127 e. The van der Waals surface area contributed by atoms with Gasteiger partial charge >= 0.3 is 0 Å². The van der Waals surface area contributed by atoms with Gasteiger partial charge < -0.3 is 5.73 Å². The highest BCUT2D eigenvalue weighted by Gasteiger charge is 2.21. The zero-order chi connectivity index (χ0) is 15.4. The highest BCUT2D eigenvalue weighted by atomic mass is 35.5. The standard InChI is InChI=1S/C16H17Cl2FN2/c1-21(10-11-5-2-3-8-14(11)19)15(9-20)16-12(17)6-4-7-13(16)18/h2-8,15H,9-10,20H2,1H3. The minimum Gasteiger partial charge on any atom is -0.329 e. The molecule has 0 saturated heterocycles. The molecule has 2 N–H and O–H groups in total. The lowest BCUT2D eigenvalue weighted by Gasteiger charge is -2.29. The smallest absolute Gasteiger partial charge is 0.127 e. The molecule has 0 aliphatic rings. The monoisotopic (exact) mass is 326 g/mol. The Morgan fingerprint density at radius 3 is 2.29 bits per heavy atom. The lowest BCUT2D eigenvalue weighted by molar-refractivity contribution is 0.239. The Kier molecular flexibility index (Phi) is 5.59. The Labute approximate surface area is 134 Å². The van der Waals surface area contributed by atoms with Crippen molar-refractivity contribution in [3.8, 4) is 0 Å². The first-order valence-electron chi connectivity index (χ1n) is 6.62. The molecule has 0 aliphatic carbocycles. The number of nitrogens with zero attached hydrogens (tertiary/aromatic N) is 1. The SMILES string of the molecule is CN(Cc1ccccc1F)C(CN)c1c(Cl)cccc1Cl. The maximum atomic E-state index is 13.8. The molecule has 0 saturated carbocycles. The topological polar surface area (TPSA) is 29.3 Å².